The summed E-state index contributed by atoms with van der Waals surface area (Å²) in [5.41, 5.74) is 3.28. The van der Waals surface area contributed by atoms with Crippen LogP contribution in [0.15, 0.2) is 58.0 Å². The Morgan fingerprint density at radius 3 is 3.11 bits per heavy atom. The molecule has 6 heteroatoms. The number of nitrogens with zero attached hydrogens (tertiary/aromatic N) is 1. The predicted molar refractivity (Wildman–Crippen MR) is 112 cm³/mol. The molecule has 1 aliphatic carbocycles. The molecule has 1 fully saturated rings. The van der Waals surface area contributed by atoms with Crippen molar-refractivity contribution in [2.45, 2.75) is 31.1 Å². The minimum Gasteiger partial charge on any atom is -0.376 e. The molecule has 2 aliphatic heterocycles. The first kappa shape index (κ1) is 18.9. The van der Waals surface area contributed by atoms with Gasteiger partial charge in [0.05, 0.1) is 22.0 Å². The van der Waals surface area contributed by atoms with Crippen LogP contribution in [-0.4, -0.2) is 42.0 Å². The molecular weight excluding hydrogens is 372 g/mol. The third-order valence-electron chi connectivity index (χ3n) is 4.86. The van der Waals surface area contributed by atoms with Crippen LogP contribution in [0, 0.1) is 6.92 Å². The van der Waals surface area contributed by atoms with Crippen molar-refractivity contribution in [3.63, 3.8) is 0 Å². The Hall–Kier alpha value is -2.44. The number of thioether (sulfide) groups is 1. The normalized spacial score (nSPS) is 25.3. The smallest absolute Gasteiger partial charge is 0.283 e. The topological polar surface area (TPSA) is 67.8 Å². The van der Waals surface area contributed by atoms with E-state index in [2.05, 4.69) is 10.3 Å². The molecular formula is C22H22N2O3S. The number of aryl methyl sites for hydroxylation is 1. The highest BCUT2D eigenvalue weighted by Gasteiger charge is 2.28. The molecule has 1 aromatic rings. The Morgan fingerprint density at radius 1 is 1.43 bits per heavy atom. The second kappa shape index (κ2) is 8.29. The van der Waals surface area contributed by atoms with Crippen molar-refractivity contribution < 1.29 is 14.3 Å². The van der Waals surface area contributed by atoms with E-state index in [1.807, 2.05) is 49.4 Å². The van der Waals surface area contributed by atoms with Gasteiger partial charge in [-0.25, -0.2) is 4.99 Å². The highest BCUT2D eigenvalue weighted by molar-refractivity contribution is 8.05. The van der Waals surface area contributed by atoms with Gasteiger partial charge in [-0.05, 0) is 37.5 Å². The van der Waals surface area contributed by atoms with E-state index in [0.717, 1.165) is 30.6 Å². The molecule has 28 heavy (non-hydrogen) atoms. The number of aliphatic imine (C=N–C) groups is 1. The summed E-state index contributed by atoms with van der Waals surface area (Å²) in [5.74, 6) is -0.421. The molecule has 0 aromatic heterocycles. The van der Waals surface area contributed by atoms with Gasteiger partial charge in [-0.2, -0.15) is 0 Å². The molecule has 0 spiro atoms. The fourth-order valence-electron chi connectivity index (χ4n) is 3.40. The lowest BCUT2D eigenvalue weighted by atomic mass is 10.0. The maximum Gasteiger partial charge on any atom is 0.283 e. The summed E-state index contributed by atoms with van der Waals surface area (Å²) in [6.45, 7) is 3.30. The second-order valence-electron chi connectivity index (χ2n) is 7.11. The summed E-state index contributed by atoms with van der Waals surface area (Å²) in [6.07, 6.45) is 9.45. The molecule has 2 atom stereocenters. The van der Waals surface area contributed by atoms with Gasteiger partial charge in [0.15, 0.2) is 0 Å². The fourth-order valence-corrected chi connectivity index (χ4v) is 4.42. The molecule has 1 N–H and O–H groups in total. The number of benzene rings is 1. The largest absolute Gasteiger partial charge is 0.376 e. The summed E-state index contributed by atoms with van der Waals surface area (Å²) >= 11 is 1.47. The van der Waals surface area contributed by atoms with Crippen LogP contribution in [0.25, 0.3) is 6.08 Å². The van der Waals surface area contributed by atoms with Crippen LogP contribution in [0.2, 0.25) is 0 Å². The van der Waals surface area contributed by atoms with E-state index in [4.69, 9.17) is 4.74 Å². The van der Waals surface area contributed by atoms with Crippen LogP contribution >= 0.6 is 11.8 Å². The molecule has 5 nitrogen and oxygen atoms in total. The zero-order valence-corrected chi connectivity index (χ0v) is 16.5. The highest BCUT2D eigenvalue weighted by atomic mass is 32.2. The number of carbonyl (C=O) groups excluding carboxylic acids is 2. The number of hydrogen-bond donors (Lipinski definition) is 1. The van der Waals surface area contributed by atoms with Crippen molar-refractivity contribution in [3.05, 3.63) is 64.1 Å². The Morgan fingerprint density at radius 2 is 2.32 bits per heavy atom. The first-order chi connectivity index (χ1) is 13.6. The molecule has 0 radical (unpaired) electrons. The Labute approximate surface area is 168 Å². The minimum absolute atomic E-state index is 0.0523. The highest BCUT2D eigenvalue weighted by Crippen LogP contribution is 2.34. The number of fused-ring (bicyclic) bond motifs is 1. The van der Waals surface area contributed by atoms with E-state index in [0.29, 0.717) is 22.7 Å². The third kappa shape index (κ3) is 4.34. The zero-order valence-electron chi connectivity index (χ0n) is 15.7. The molecule has 144 valence electrons. The molecule has 1 saturated heterocycles. The van der Waals surface area contributed by atoms with Gasteiger partial charge >= 0.3 is 0 Å². The van der Waals surface area contributed by atoms with Gasteiger partial charge < -0.3 is 10.1 Å². The van der Waals surface area contributed by atoms with Crippen LogP contribution in [0.1, 0.15) is 24.0 Å². The lowest BCUT2D eigenvalue weighted by molar-refractivity contribution is -0.117. The molecule has 4 rings (SSSR count). The average molecular weight is 394 g/mol. The van der Waals surface area contributed by atoms with E-state index in [9.17, 15) is 9.59 Å². The number of amides is 2. The van der Waals surface area contributed by atoms with Crippen molar-refractivity contribution >= 4 is 35.4 Å². The van der Waals surface area contributed by atoms with E-state index in [1.54, 1.807) is 6.08 Å². The molecule has 0 saturated carbocycles. The van der Waals surface area contributed by atoms with E-state index < -0.39 is 0 Å². The SMILES string of the molecule is Cc1cccc(/C=C2/SC3C=CC(C(=O)NCC4CCCO4)=CC3=NC2=O)c1. The first-order valence-electron chi connectivity index (χ1n) is 9.46. The van der Waals surface area contributed by atoms with Gasteiger partial charge in [-0.1, -0.05) is 42.0 Å². The maximum atomic E-state index is 12.5. The fraction of sp³-hybridized carbons (Fsp3) is 0.318. The average Bonchev–Trinajstić information content (AvgIpc) is 3.20. The number of allylic oxidation sites excluding steroid dienone is 1. The summed E-state index contributed by atoms with van der Waals surface area (Å²) < 4.78 is 5.53. The van der Waals surface area contributed by atoms with Crippen molar-refractivity contribution in [3.8, 4) is 0 Å². The van der Waals surface area contributed by atoms with Crippen LogP contribution in [-0.2, 0) is 14.3 Å². The molecule has 3 aliphatic rings. The van der Waals surface area contributed by atoms with Crippen molar-refractivity contribution in [1.29, 1.82) is 0 Å². The number of nitrogens with one attached hydrogen (secondary N) is 1. The van der Waals surface area contributed by atoms with Crippen LogP contribution in [0.5, 0.6) is 0 Å². The zero-order chi connectivity index (χ0) is 19.5. The van der Waals surface area contributed by atoms with Crippen LogP contribution < -0.4 is 5.32 Å². The van der Waals surface area contributed by atoms with Crippen molar-refractivity contribution in [2.24, 2.45) is 4.99 Å². The molecule has 1 aromatic carbocycles. The van der Waals surface area contributed by atoms with E-state index in [1.165, 1.54) is 11.8 Å². The maximum absolute atomic E-state index is 12.5. The lowest BCUT2D eigenvalue weighted by Gasteiger charge is -2.22. The quantitative estimate of drug-likeness (QED) is 0.797. The minimum atomic E-state index is -0.261. The van der Waals surface area contributed by atoms with Gasteiger partial charge in [-0.3, -0.25) is 9.59 Å². The number of ether oxygens (including phenoxy) is 1. The second-order valence-corrected chi connectivity index (χ2v) is 8.29. The van der Waals surface area contributed by atoms with Gasteiger partial charge in [0.25, 0.3) is 11.8 Å². The molecule has 0 bridgehead atoms. The Balaban J connectivity index is 1.46. The summed E-state index contributed by atoms with van der Waals surface area (Å²) in [6, 6.07) is 8.00. The Bertz CT molecular complexity index is 923. The van der Waals surface area contributed by atoms with Crippen molar-refractivity contribution in [2.75, 3.05) is 13.2 Å². The Kier molecular flexibility index (Phi) is 5.59. The first-order valence-corrected chi connectivity index (χ1v) is 10.3. The van der Waals surface area contributed by atoms with Crippen LogP contribution in [0.4, 0.5) is 0 Å². The predicted octanol–water partition coefficient (Wildman–Crippen LogP) is 3.21. The third-order valence-corrected chi connectivity index (χ3v) is 6.06. The van der Waals surface area contributed by atoms with Crippen LogP contribution in [0.3, 0.4) is 0 Å². The monoisotopic (exact) mass is 394 g/mol. The van der Waals surface area contributed by atoms with E-state index in [-0.39, 0.29) is 23.2 Å². The number of rotatable bonds is 4. The summed E-state index contributed by atoms with van der Waals surface area (Å²) in [5, 5.41) is 2.85. The lowest BCUT2D eigenvalue weighted by Crippen LogP contribution is -2.34. The number of carbonyl (C=O) groups is 2. The van der Waals surface area contributed by atoms with Gasteiger partial charge in [0.2, 0.25) is 0 Å². The van der Waals surface area contributed by atoms with Gasteiger partial charge in [0.1, 0.15) is 0 Å². The van der Waals surface area contributed by atoms with E-state index >= 15 is 0 Å². The summed E-state index contributed by atoms with van der Waals surface area (Å²) in [7, 11) is 0. The van der Waals surface area contributed by atoms with Gasteiger partial charge in [0, 0.05) is 18.7 Å². The van der Waals surface area contributed by atoms with Crippen molar-refractivity contribution in [1.82, 2.24) is 5.32 Å². The molecule has 2 heterocycles. The standard InChI is InChI=1S/C22H22N2O3S/c1-14-4-2-5-15(10-14)11-20-22(26)24-18-12-16(7-8-19(18)28-20)21(25)23-13-17-6-3-9-27-17/h2,4-5,7-8,10-12,17,19H,3,6,9,13H2,1H3,(H,23,25)/b20-11+. The molecule has 2 unspecified atom stereocenters. The summed E-state index contributed by atoms with van der Waals surface area (Å²) in [4.78, 5) is 29.7. The number of hydrogen-bond acceptors (Lipinski definition) is 4. The van der Waals surface area contributed by atoms with Gasteiger partial charge in [-0.15, -0.1) is 11.8 Å². The molecule has 2 amide bonds.